The maximum atomic E-state index is 9.38. The molecule has 0 fully saturated rings. The number of unbranched alkanes of at least 4 members (excludes halogenated alkanes) is 1. The Hall–Kier alpha value is -0.160. The van der Waals surface area contributed by atoms with E-state index >= 15 is 0 Å². The van der Waals surface area contributed by atoms with Gasteiger partial charge in [-0.15, -0.1) is 0 Å². The fourth-order valence-corrected chi connectivity index (χ4v) is 2.62. The molecule has 0 aromatic carbocycles. The Morgan fingerprint density at radius 1 is 0.857 bits per heavy atom. The number of aliphatic hydroxyl groups is 1. The molecule has 0 spiro atoms. The van der Waals surface area contributed by atoms with E-state index in [4.69, 9.17) is 0 Å². The zero-order valence-corrected chi connectivity index (χ0v) is 15.1. The van der Waals surface area contributed by atoms with Crippen molar-refractivity contribution >= 4 is 0 Å². The van der Waals surface area contributed by atoms with Gasteiger partial charge in [0.25, 0.3) is 0 Å². The van der Waals surface area contributed by atoms with Crippen molar-refractivity contribution in [2.45, 2.75) is 58.9 Å². The Bertz CT molecular complexity index is 228. The molecule has 0 aliphatic heterocycles. The van der Waals surface area contributed by atoms with Crippen LogP contribution in [0.5, 0.6) is 0 Å². The molecule has 21 heavy (non-hydrogen) atoms. The number of hydrogen-bond acceptors (Lipinski definition) is 4. The molecule has 4 heteroatoms. The van der Waals surface area contributed by atoms with Crippen LogP contribution in [0, 0.1) is 0 Å². The maximum absolute atomic E-state index is 9.38. The first-order valence-corrected chi connectivity index (χ1v) is 8.79. The van der Waals surface area contributed by atoms with Crippen LogP contribution in [0.4, 0.5) is 0 Å². The summed E-state index contributed by atoms with van der Waals surface area (Å²) in [5.41, 5.74) is -0.111. The van der Waals surface area contributed by atoms with Crippen molar-refractivity contribution in [3.8, 4) is 0 Å². The van der Waals surface area contributed by atoms with Crippen LogP contribution >= 0.6 is 0 Å². The summed E-state index contributed by atoms with van der Waals surface area (Å²) in [5.74, 6) is 0. The Balaban J connectivity index is 3.80. The summed E-state index contributed by atoms with van der Waals surface area (Å²) in [6.45, 7) is 16.1. The van der Waals surface area contributed by atoms with Gasteiger partial charge < -0.3 is 20.2 Å². The van der Waals surface area contributed by atoms with E-state index in [1.54, 1.807) is 0 Å². The molecule has 1 unspecified atom stereocenters. The lowest BCUT2D eigenvalue weighted by Crippen LogP contribution is -2.43. The summed E-state index contributed by atoms with van der Waals surface area (Å²) in [6.07, 6.45) is 4.69. The number of likely N-dealkylation sites (N-methyl/N-ethyl adjacent to an activating group) is 1. The lowest BCUT2D eigenvalue weighted by molar-refractivity contribution is 0.168. The average molecular weight is 302 g/mol. The van der Waals surface area contributed by atoms with Crippen molar-refractivity contribution < 1.29 is 5.11 Å². The molecule has 0 aromatic heterocycles. The van der Waals surface area contributed by atoms with Crippen molar-refractivity contribution in [2.75, 3.05) is 52.9 Å². The lowest BCUT2D eigenvalue weighted by atomic mass is 9.96. The SMILES string of the molecule is CCN(CC)CCCN(CC)CCCCC(C)(CO)NC. The summed E-state index contributed by atoms with van der Waals surface area (Å²) in [4.78, 5) is 5.05. The van der Waals surface area contributed by atoms with Gasteiger partial charge in [-0.2, -0.15) is 0 Å². The Labute approximate surface area is 132 Å². The molecule has 0 aliphatic carbocycles. The molecule has 0 aromatic rings. The largest absolute Gasteiger partial charge is 0.394 e. The van der Waals surface area contributed by atoms with Crippen LogP contribution in [0.25, 0.3) is 0 Å². The second kappa shape index (κ2) is 12.4. The molecule has 0 heterocycles. The second-order valence-corrected chi connectivity index (χ2v) is 6.24. The maximum Gasteiger partial charge on any atom is 0.0610 e. The van der Waals surface area contributed by atoms with Gasteiger partial charge >= 0.3 is 0 Å². The summed E-state index contributed by atoms with van der Waals surface area (Å²) in [6, 6.07) is 0. The number of nitrogens with zero attached hydrogens (tertiary/aromatic N) is 2. The fourth-order valence-electron chi connectivity index (χ4n) is 2.62. The highest BCUT2D eigenvalue weighted by atomic mass is 16.3. The summed E-state index contributed by atoms with van der Waals surface area (Å²) < 4.78 is 0. The zero-order chi connectivity index (χ0) is 16.1. The predicted octanol–water partition coefficient (Wildman–Crippen LogP) is 2.18. The van der Waals surface area contributed by atoms with Crippen LogP contribution in [0.1, 0.15) is 53.4 Å². The van der Waals surface area contributed by atoms with Gasteiger partial charge in [-0.05, 0) is 72.5 Å². The number of aliphatic hydroxyl groups excluding tert-OH is 1. The molecular formula is C17H39N3O. The summed E-state index contributed by atoms with van der Waals surface area (Å²) in [5, 5.41) is 12.6. The van der Waals surface area contributed by atoms with Gasteiger partial charge in [0, 0.05) is 5.54 Å². The lowest BCUT2D eigenvalue weighted by Gasteiger charge is -2.27. The topological polar surface area (TPSA) is 38.7 Å². The van der Waals surface area contributed by atoms with Crippen LogP contribution in [0.2, 0.25) is 0 Å². The van der Waals surface area contributed by atoms with Gasteiger partial charge in [0.1, 0.15) is 0 Å². The van der Waals surface area contributed by atoms with E-state index in [0.717, 1.165) is 26.1 Å². The van der Waals surface area contributed by atoms with Gasteiger partial charge in [-0.25, -0.2) is 0 Å². The Morgan fingerprint density at radius 2 is 1.38 bits per heavy atom. The van der Waals surface area contributed by atoms with Crippen molar-refractivity contribution in [3.63, 3.8) is 0 Å². The summed E-state index contributed by atoms with van der Waals surface area (Å²) in [7, 11) is 1.93. The zero-order valence-electron chi connectivity index (χ0n) is 15.1. The van der Waals surface area contributed by atoms with E-state index in [9.17, 15) is 5.11 Å². The highest BCUT2D eigenvalue weighted by Crippen LogP contribution is 2.13. The van der Waals surface area contributed by atoms with E-state index in [1.807, 2.05) is 7.05 Å². The van der Waals surface area contributed by atoms with Gasteiger partial charge in [0.2, 0.25) is 0 Å². The molecule has 1 atom stereocenters. The van der Waals surface area contributed by atoms with E-state index in [0.29, 0.717) is 0 Å². The molecule has 0 saturated heterocycles. The fraction of sp³-hybridized carbons (Fsp3) is 1.00. The average Bonchev–Trinajstić information content (AvgIpc) is 2.53. The molecule has 128 valence electrons. The molecule has 0 bridgehead atoms. The third kappa shape index (κ3) is 9.46. The van der Waals surface area contributed by atoms with Gasteiger partial charge in [-0.3, -0.25) is 0 Å². The van der Waals surface area contributed by atoms with Crippen LogP contribution in [-0.2, 0) is 0 Å². The second-order valence-electron chi connectivity index (χ2n) is 6.24. The van der Waals surface area contributed by atoms with E-state index < -0.39 is 0 Å². The van der Waals surface area contributed by atoms with Crippen LogP contribution in [0.15, 0.2) is 0 Å². The van der Waals surface area contributed by atoms with E-state index in [1.165, 1.54) is 38.9 Å². The van der Waals surface area contributed by atoms with Crippen molar-refractivity contribution in [1.29, 1.82) is 0 Å². The van der Waals surface area contributed by atoms with E-state index in [-0.39, 0.29) is 12.1 Å². The van der Waals surface area contributed by atoms with Gasteiger partial charge in [0.15, 0.2) is 0 Å². The normalized spacial score (nSPS) is 14.9. The minimum absolute atomic E-state index is 0.111. The predicted molar refractivity (Wildman–Crippen MR) is 92.9 cm³/mol. The van der Waals surface area contributed by atoms with Crippen molar-refractivity contribution in [3.05, 3.63) is 0 Å². The highest BCUT2D eigenvalue weighted by Gasteiger charge is 2.19. The number of rotatable bonds is 14. The van der Waals surface area contributed by atoms with Gasteiger partial charge in [-0.1, -0.05) is 27.2 Å². The first-order chi connectivity index (χ1) is 10.0. The van der Waals surface area contributed by atoms with Crippen LogP contribution in [0.3, 0.4) is 0 Å². The molecular weight excluding hydrogens is 262 g/mol. The van der Waals surface area contributed by atoms with Crippen molar-refractivity contribution in [1.82, 2.24) is 15.1 Å². The highest BCUT2D eigenvalue weighted by molar-refractivity contribution is 4.80. The molecule has 0 rings (SSSR count). The Morgan fingerprint density at radius 3 is 1.86 bits per heavy atom. The first kappa shape index (κ1) is 20.8. The minimum Gasteiger partial charge on any atom is -0.394 e. The molecule has 0 amide bonds. The first-order valence-electron chi connectivity index (χ1n) is 8.79. The van der Waals surface area contributed by atoms with E-state index in [2.05, 4.69) is 42.8 Å². The molecule has 2 N–H and O–H groups in total. The van der Waals surface area contributed by atoms with Crippen molar-refractivity contribution in [2.24, 2.45) is 0 Å². The van der Waals surface area contributed by atoms with Gasteiger partial charge in [0.05, 0.1) is 6.61 Å². The number of nitrogens with one attached hydrogen (secondary N) is 1. The minimum atomic E-state index is -0.111. The standard InChI is InChI=1S/C17H39N3O/c1-6-19(7-2)14-11-15-20(8-3)13-10-9-12-17(4,16-21)18-5/h18,21H,6-16H2,1-5H3. The quantitative estimate of drug-likeness (QED) is 0.482. The third-order valence-corrected chi connectivity index (χ3v) is 4.70. The molecule has 0 aliphatic rings. The molecule has 4 nitrogen and oxygen atoms in total. The smallest absolute Gasteiger partial charge is 0.0610 e. The molecule has 0 saturated carbocycles. The number of hydrogen-bond donors (Lipinski definition) is 2. The molecule has 0 radical (unpaired) electrons. The monoisotopic (exact) mass is 301 g/mol. The third-order valence-electron chi connectivity index (χ3n) is 4.70. The van der Waals surface area contributed by atoms with Crippen LogP contribution < -0.4 is 5.32 Å². The summed E-state index contributed by atoms with van der Waals surface area (Å²) >= 11 is 0. The Kier molecular flexibility index (Phi) is 12.3. The van der Waals surface area contributed by atoms with Crippen LogP contribution in [-0.4, -0.2) is 73.4 Å².